The largest absolute Gasteiger partial charge is 0.496 e. The average molecular weight is 365 g/mol. The fourth-order valence-corrected chi connectivity index (χ4v) is 2.72. The van der Waals surface area contributed by atoms with Gasteiger partial charge < -0.3 is 20.1 Å². The van der Waals surface area contributed by atoms with Gasteiger partial charge in [0.15, 0.2) is 5.82 Å². The number of para-hydroxylation sites is 1. The molecule has 0 spiro atoms. The Labute approximate surface area is 158 Å². The number of hydrogen-bond acceptors (Lipinski definition) is 7. The minimum atomic E-state index is 0.404. The zero-order valence-electron chi connectivity index (χ0n) is 15.7. The summed E-state index contributed by atoms with van der Waals surface area (Å²) in [7, 11) is 3.31. The molecule has 1 heterocycles. The Morgan fingerprint density at radius 1 is 1.00 bits per heavy atom. The fourth-order valence-electron chi connectivity index (χ4n) is 2.72. The number of nitrogens with one attached hydrogen (secondary N) is 2. The molecule has 27 heavy (non-hydrogen) atoms. The molecule has 3 aromatic rings. The number of aryl methyl sites for hydroxylation is 1. The summed E-state index contributed by atoms with van der Waals surface area (Å²) in [5.74, 6) is 2.66. The molecular weight excluding hydrogens is 342 g/mol. The highest BCUT2D eigenvalue weighted by Gasteiger charge is 2.07. The molecule has 2 aromatic carbocycles. The second-order valence-corrected chi connectivity index (χ2v) is 5.98. The van der Waals surface area contributed by atoms with Crippen molar-refractivity contribution in [3.05, 3.63) is 59.8 Å². The third-order valence-electron chi connectivity index (χ3n) is 4.05. The molecule has 0 fully saturated rings. The summed E-state index contributed by atoms with van der Waals surface area (Å²) in [4.78, 5) is 4.46. The van der Waals surface area contributed by atoms with Crippen molar-refractivity contribution in [1.82, 2.24) is 15.2 Å². The number of ether oxygens (including phenoxy) is 2. The molecule has 0 radical (unpaired) electrons. The molecular formula is C20H23N5O2. The molecule has 140 valence electrons. The number of rotatable bonds is 8. The van der Waals surface area contributed by atoms with Gasteiger partial charge in [-0.25, -0.2) is 0 Å². The van der Waals surface area contributed by atoms with Crippen molar-refractivity contribution < 1.29 is 9.47 Å². The SMILES string of the molecule is COc1ccccc1CCNc1cnnc(Nc2cc(C)ccc2OC)n1. The first-order chi connectivity index (χ1) is 13.2. The normalized spacial score (nSPS) is 10.3. The van der Waals surface area contributed by atoms with E-state index in [1.165, 1.54) is 0 Å². The van der Waals surface area contributed by atoms with E-state index in [2.05, 4.69) is 31.9 Å². The van der Waals surface area contributed by atoms with E-state index in [1.807, 2.05) is 43.3 Å². The van der Waals surface area contributed by atoms with E-state index in [4.69, 9.17) is 9.47 Å². The van der Waals surface area contributed by atoms with Crippen molar-refractivity contribution >= 4 is 17.5 Å². The van der Waals surface area contributed by atoms with Crippen LogP contribution in [0.15, 0.2) is 48.7 Å². The lowest BCUT2D eigenvalue weighted by Crippen LogP contribution is -2.09. The molecule has 3 rings (SSSR count). The summed E-state index contributed by atoms with van der Waals surface area (Å²) in [5, 5.41) is 14.5. The Morgan fingerprint density at radius 3 is 2.63 bits per heavy atom. The molecule has 0 atom stereocenters. The highest BCUT2D eigenvalue weighted by Crippen LogP contribution is 2.27. The van der Waals surface area contributed by atoms with Crippen molar-refractivity contribution in [3.63, 3.8) is 0 Å². The minimum Gasteiger partial charge on any atom is -0.496 e. The third kappa shape index (κ3) is 4.84. The summed E-state index contributed by atoms with van der Waals surface area (Å²) in [6, 6.07) is 13.8. The number of methoxy groups -OCH3 is 2. The smallest absolute Gasteiger partial charge is 0.249 e. The molecule has 0 unspecified atom stereocenters. The lowest BCUT2D eigenvalue weighted by atomic mass is 10.1. The van der Waals surface area contributed by atoms with Crippen LogP contribution in [0.5, 0.6) is 11.5 Å². The topological polar surface area (TPSA) is 81.2 Å². The van der Waals surface area contributed by atoms with E-state index in [0.717, 1.165) is 34.7 Å². The van der Waals surface area contributed by atoms with E-state index < -0.39 is 0 Å². The number of benzene rings is 2. The van der Waals surface area contributed by atoms with Gasteiger partial charge in [0, 0.05) is 6.54 Å². The number of anilines is 3. The van der Waals surface area contributed by atoms with Gasteiger partial charge in [-0.1, -0.05) is 24.3 Å². The van der Waals surface area contributed by atoms with Gasteiger partial charge in [0.1, 0.15) is 11.5 Å². The molecule has 7 nitrogen and oxygen atoms in total. The molecule has 0 bridgehead atoms. The summed E-state index contributed by atoms with van der Waals surface area (Å²) in [6.45, 7) is 2.71. The second-order valence-electron chi connectivity index (χ2n) is 5.98. The maximum absolute atomic E-state index is 5.38. The molecule has 2 N–H and O–H groups in total. The van der Waals surface area contributed by atoms with Gasteiger partial charge in [-0.15, -0.1) is 5.10 Å². The van der Waals surface area contributed by atoms with Gasteiger partial charge in [0.25, 0.3) is 0 Å². The van der Waals surface area contributed by atoms with E-state index in [0.29, 0.717) is 18.3 Å². The van der Waals surface area contributed by atoms with E-state index >= 15 is 0 Å². The van der Waals surface area contributed by atoms with Gasteiger partial charge in [0.05, 0.1) is 26.1 Å². The predicted octanol–water partition coefficient (Wildman–Crippen LogP) is 3.60. The van der Waals surface area contributed by atoms with Gasteiger partial charge in [-0.2, -0.15) is 10.1 Å². The quantitative estimate of drug-likeness (QED) is 0.631. The van der Waals surface area contributed by atoms with Crippen LogP contribution < -0.4 is 20.1 Å². The second kappa shape index (κ2) is 8.84. The zero-order chi connectivity index (χ0) is 19.1. The fraction of sp³-hybridized carbons (Fsp3) is 0.250. The van der Waals surface area contributed by atoms with Crippen LogP contribution in [-0.2, 0) is 6.42 Å². The summed E-state index contributed by atoms with van der Waals surface area (Å²) in [6.07, 6.45) is 2.41. The molecule has 0 saturated carbocycles. The Kier molecular flexibility index (Phi) is 6.04. The highest BCUT2D eigenvalue weighted by atomic mass is 16.5. The van der Waals surface area contributed by atoms with Crippen LogP contribution in [0.3, 0.4) is 0 Å². The maximum atomic E-state index is 5.38. The van der Waals surface area contributed by atoms with Gasteiger partial charge in [-0.3, -0.25) is 0 Å². The van der Waals surface area contributed by atoms with Crippen molar-refractivity contribution in [2.75, 3.05) is 31.4 Å². The van der Waals surface area contributed by atoms with Crippen LogP contribution in [0.1, 0.15) is 11.1 Å². The van der Waals surface area contributed by atoms with Gasteiger partial charge in [-0.05, 0) is 42.7 Å². The molecule has 0 saturated heterocycles. The molecule has 0 amide bonds. The molecule has 0 aliphatic carbocycles. The Morgan fingerprint density at radius 2 is 1.81 bits per heavy atom. The van der Waals surface area contributed by atoms with Crippen LogP contribution in [0.4, 0.5) is 17.5 Å². The average Bonchev–Trinajstić information content (AvgIpc) is 2.69. The Bertz CT molecular complexity index is 901. The van der Waals surface area contributed by atoms with E-state index in [9.17, 15) is 0 Å². The maximum Gasteiger partial charge on any atom is 0.249 e. The first kappa shape index (κ1) is 18.4. The van der Waals surface area contributed by atoms with Crippen molar-refractivity contribution in [3.8, 4) is 11.5 Å². The molecule has 0 aliphatic heterocycles. The number of aromatic nitrogens is 3. The van der Waals surface area contributed by atoms with Crippen LogP contribution in [0.2, 0.25) is 0 Å². The van der Waals surface area contributed by atoms with E-state index in [1.54, 1.807) is 20.4 Å². The van der Waals surface area contributed by atoms with Crippen LogP contribution in [0.25, 0.3) is 0 Å². The Hall–Kier alpha value is -3.35. The molecule has 0 aliphatic rings. The highest BCUT2D eigenvalue weighted by molar-refractivity contribution is 5.63. The van der Waals surface area contributed by atoms with Crippen molar-refractivity contribution in [1.29, 1.82) is 0 Å². The first-order valence-electron chi connectivity index (χ1n) is 8.66. The van der Waals surface area contributed by atoms with Gasteiger partial charge >= 0.3 is 0 Å². The van der Waals surface area contributed by atoms with Crippen LogP contribution >= 0.6 is 0 Å². The van der Waals surface area contributed by atoms with Crippen LogP contribution in [0, 0.1) is 6.92 Å². The lowest BCUT2D eigenvalue weighted by Gasteiger charge is -2.12. The summed E-state index contributed by atoms with van der Waals surface area (Å²) in [5.41, 5.74) is 3.04. The van der Waals surface area contributed by atoms with Crippen molar-refractivity contribution in [2.24, 2.45) is 0 Å². The number of hydrogen-bond donors (Lipinski definition) is 2. The first-order valence-corrected chi connectivity index (χ1v) is 8.66. The Balaban J connectivity index is 1.65. The van der Waals surface area contributed by atoms with Crippen LogP contribution in [-0.4, -0.2) is 35.9 Å². The monoisotopic (exact) mass is 365 g/mol. The summed E-state index contributed by atoms with van der Waals surface area (Å²) >= 11 is 0. The number of nitrogens with zero attached hydrogens (tertiary/aromatic N) is 3. The molecule has 7 heteroatoms. The minimum absolute atomic E-state index is 0.404. The standard InChI is InChI=1S/C20H23N5O2/c1-14-8-9-18(27-3)16(12-14)23-20-24-19(13-22-25-20)21-11-10-15-6-4-5-7-17(15)26-2/h4-9,12-13H,10-11H2,1-3H3,(H2,21,23,24,25). The van der Waals surface area contributed by atoms with E-state index in [-0.39, 0.29) is 0 Å². The van der Waals surface area contributed by atoms with Crippen molar-refractivity contribution in [2.45, 2.75) is 13.3 Å². The third-order valence-corrected chi connectivity index (χ3v) is 4.05. The molecule has 1 aromatic heterocycles. The predicted molar refractivity (Wildman–Crippen MR) is 106 cm³/mol. The van der Waals surface area contributed by atoms with Gasteiger partial charge in [0.2, 0.25) is 5.95 Å². The zero-order valence-corrected chi connectivity index (χ0v) is 15.7. The lowest BCUT2D eigenvalue weighted by molar-refractivity contribution is 0.410. The summed E-state index contributed by atoms with van der Waals surface area (Å²) < 4.78 is 10.7.